The molecule has 4 rings (SSSR count). The number of benzene rings is 2. The van der Waals surface area contributed by atoms with Crippen molar-refractivity contribution in [3.05, 3.63) is 58.9 Å². The van der Waals surface area contributed by atoms with E-state index in [1.165, 1.54) is 30.0 Å². The van der Waals surface area contributed by atoms with Crippen LogP contribution >= 0.6 is 24.0 Å². The van der Waals surface area contributed by atoms with E-state index in [9.17, 15) is 9.50 Å². The Balaban J connectivity index is 0.00000272. The zero-order valence-electron chi connectivity index (χ0n) is 18.0. The van der Waals surface area contributed by atoms with Crippen LogP contribution in [-0.4, -0.2) is 37.2 Å². The number of piperidine rings is 1. The fraction of sp³-hybridized carbons (Fsp3) is 0.458. The first-order valence-electron chi connectivity index (χ1n) is 10.9. The van der Waals surface area contributed by atoms with Crippen LogP contribution in [0.4, 0.5) is 10.1 Å². The Hall–Kier alpha value is -2.03. The maximum atomic E-state index is 13.5. The van der Waals surface area contributed by atoms with Crippen molar-refractivity contribution in [2.45, 2.75) is 51.1 Å². The molecular formula is C24H32FIN4O. The normalized spacial score (nSPS) is 17.0. The zero-order chi connectivity index (χ0) is 20.9. The first-order valence-corrected chi connectivity index (χ1v) is 10.9. The molecule has 0 unspecified atom stereocenters. The van der Waals surface area contributed by atoms with E-state index in [-0.39, 0.29) is 29.8 Å². The molecule has 0 amide bonds. The zero-order valence-corrected chi connectivity index (χ0v) is 20.4. The van der Waals surface area contributed by atoms with Crippen molar-refractivity contribution in [1.29, 1.82) is 0 Å². The fourth-order valence-electron chi connectivity index (χ4n) is 4.60. The van der Waals surface area contributed by atoms with E-state index in [0.717, 1.165) is 56.0 Å². The standard InChI is InChI=1S/C24H31FN4O.HI/c1-26-24(27-16-22-21-8-3-2-5-17(21)9-10-23(22)30)28-19-11-13-29(14-12-19)20-7-4-6-18(25)15-20;/h4,6-7,9-10,15,19,30H,2-3,5,8,11-14,16H2,1H3,(H2,26,27,28);1H. The number of aromatic hydroxyl groups is 1. The van der Waals surface area contributed by atoms with E-state index in [1.54, 1.807) is 19.2 Å². The lowest BCUT2D eigenvalue weighted by atomic mass is 9.88. The molecule has 3 N–H and O–H groups in total. The topological polar surface area (TPSA) is 59.9 Å². The van der Waals surface area contributed by atoms with Crippen LogP contribution in [0.25, 0.3) is 0 Å². The number of nitrogens with one attached hydrogen (secondary N) is 2. The van der Waals surface area contributed by atoms with Crippen molar-refractivity contribution in [2.75, 3.05) is 25.0 Å². The lowest BCUT2D eigenvalue weighted by Crippen LogP contribution is -2.48. The number of hydrogen-bond acceptors (Lipinski definition) is 3. The molecule has 1 fully saturated rings. The highest BCUT2D eigenvalue weighted by atomic mass is 127. The number of rotatable bonds is 4. The summed E-state index contributed by atoms with van der Waals surface area (Å²) in [6.45, 7) is 2.33. The van der Waals surface area contributed by atoms with Crippen molar-refractivity contribution in [2.24, 2.45) is 4.99 Å². The van der Waals surface area contributed by atoms with Gasteiger partial charge in [-0.3, -0.25) is 4.99 Å². The molecular weight excluding hydrogens is 506 g/mol. The minimum absolute atomic E-state index is 0. The van der Waals surface area contributed by atoms with Gasteiger partial charge >= 0.3 is 0 Å². The second-order valence-corrected chi connectivity index (χ2v) is 8.22. The SMILES string of the molecule is CN=C(NCc1c(O)ccc2c1CCCC2)NC1CCN(c2cccc(F)c2)CC1.I. The van der Waals surface area contributed by atoms with Gasteiger partial charge < -0.3 is 20.6 Å². The number of anilines is 1. The highest BCUT2D eigenvalue weighted by molar-refractivity contribution is 14.0. The van der Waals surface area contributed by atoms with Gasteiger partial charge in [0.2, 0.25) is 0 Å². The first-order chi connectivity index (χ1) is 14.6. The Morgan fingerprint density at radius 3 is 2.68 bits per heavy atom. The Bertz CT molecular complexity index is 912. The molecule has 0 spiro atoms. The molecule has 2 aromatic carbocycles. The second kappa shape index (κ2) is 11.0. The third kappa shape index (κ3) is 5.81. The predicted octanol–water partition coefficient (Wildman–Crippen LogP) is 4.36. The lowest BCUT2D eigenvalue weighted by molar-refractivity contribution is 0.456. The number of guanidine groups is 1. The van der Waals surface area contributed by atoms with Crippen molar-refractivity contribution in [1.82, 2.24) is 10.6 Å². The van der Waals surface area contributed by atoms with Gasteiger partial charge in [0, 0.05) is 44.0 Å². The minimum atomic E-state index is -0.191. The molecule has 1 saturated heterocycles. The Labute approximate surface area is 201 Å². The number of hydrogen-bond donors (Lipinski definition) is 3. The van der Waals surface area contributed by atoms with Crippen LogP contribution in [0.2, 0.25) is 0 Å². The summed E-state index contributed by atoms with van der Waals surface area (Å²) in [5.41, 5.74) is 4.60. The predicted molar refractivity (Wildman–Crippen MR) is 135 cm³/mol. The summed E-state index contributed by atoms with van der Waals surface area (Å²) in [6.07, 6.45) is 6.46. The van der Waals surface area contributed by atoms with Crippen molar-refractivity contribution < 1.29 is 9.50 Å². The smallest absolute Gasteiger partial charge is 0.191 e. The summed E-state index contributed by atoms with van der Waals surface area (Å²) >= 11 is 0. The van der Waals surface area contributed by atoms with Crippen LogP contribution in [0.15, 0.2) is 41.4 Å². The van der Waals surface area contributed by atoms with Crippen LogP contribution in [-0.2, 0) is 19.4 Å². The summed E-state index contributed by atoms with van der Waals surface area (Å²) in [5, 5.41) is 17.3. The number of nitrogens with zero attached hydrogens (tertiary/aromatic N) is 2. The number of aliphatic imine (C=N–C) groups is 1. The summed E-state index contributed by atoms with van der Waals surface area (Å²) in [7, 11) is 1.78. The molecule has 2 aliphatic rings. The van der Waals surface area contributed by atoms with Gasteiger partial charge in [-0.1, -0.05) is 12.1 Å². The van der Waals surface area contributed by atoms with Gasteiger partial charge in [0.15, 0.2) is 5.96 Å². The van der Waals surface area contributed by atoms with E-state index in [4.69, 9.17) is 0 Å². The van der Waals surface area contributed by atoms with Gasteiger partial charge in [0.05, 0.1) is 0 Å². The number of fused-ring (bicyclic) bond motifs is 1. The molecule has 0 atom stereocenters. The molecule has 5 nitrogen and oxygen atoms in total. The van der Waals surface area contributed by atoms with Gasteiger partial charge in [-0.25, -0.2) is 4.39 Å². The molecule has 7 heteroatoms. The van der Waals surface area contributed by atoms with E-state index in [0.29, 0.717) is 18.3 Å². The van der Waals surface area contributed by atoms with Crippen molar-refractivity contribution >= 4 is 35.6 Å². The van der Waals surface area contributed by atoms with Crippen LogP contribution in [0.1, 0.15) is 42.4 Å². The van der Waals surface area contributed by atoms with Crippen LogP contribution < -0.4 is 15.5 Å². The Kier molecular flexibility index (Phi) is 8.40. The summed E-state index contributed by atoms with van der Waals surface area (Å²) in [5.74, 6) is 0.928. The summed E-state index contributed by atoms with van der Waals surface area (Å²) < 4.78 is 13.5. The number of aryl methyl sites for hydroxylation is 1. The quantitative estimate of drug-likeness (QED) is 0.308. The molecule has 0 bridgehead atoms. The van der Waals surface area contributed by atoms with Gasteiger partial charge in [-0.15, -0.1) is 24.0 Å². The number of halogens is 2. The molecule has 0 saturated carbocycles. The third-order valence-corrected chi connectivity index (χ3v) is 6.29. The van der Waals surface area contributed by atoms with Gasteiger partial charge in [-0.05, 0) is 73.9 Å². The summed E-state index contributed by atoms with van der Waals surface area (Å²) in [6, 6.07) is 11.0. The molecule has 0 aromatic heterocycles. The van der Waals surface area contributed by atoms with Crippen molar-refractivity contribution in [3.63, 3.8) is 0 Å². The van der Waals surface area contributed by atoms with Crippen LogP contribution in [0.5, 0.6) is 5.75 Å². The van der Waals surface area contributed by atoms with E-state index < -0.39 is 0 Å². The average Bonchev–Trinajstić information content (AvgIpc) is 2.78. The Morgan fingerprint density at radius 2 is 1.94 bits per heavy atom. The lowest BCUT2D eigenvalue weighted by Gasteiger charge is -2.34. The average molecular weight is 538 g/mol. The largest absolute Gasteiger partial charge is 0.508 e. The molecule has 0 radical (unpaired) electrons. The Morgan fingerprint density at radius 1 is 1.16 bits per heavy atom. The monoisotopic (exact) mass is 538 g/mol. The van der Waals surface area contributed by atoms with E-state index in [1.807, 2.05) is 12.1 Å². The number of phenols is 1. The highest BCUT2D eigenvalue weighted by Gasteiger charge is 2.21. The second-order valence-electron chi connectivity index (χ2n) is 8.22. The molecule has 1 aliphatic heterocycles. The van der Waals surface area contributed by atoms with Crippen LogP contribution in [0.3, 0.4) is 0 Å². The molecule has 1 aliphatic carbocycles. The minimum Gasteiger partial charge on any atom is -0.508 e. The van der Waals surface area contributed by atoms with Crippen molar-refractivity contribution in [3.8, 4) is 5.75 Å². The van der Waals surface area contributed by atoms with E-state index in [2.05, 4.69) is 26.6 Å². The maximum Gasteiger partial charge on any atom is 0.191 e. The molecule has 168 valence electrons. The third-order valence-electron chi connectivity index (χ3n) is 6.29. The van der Waals surface area contributed by atoms with E-state index >= 15 is 0 Å². The molecule has 2 aromatic rings. The van der Waals surface area contributed by atoms with Gasteiger partial charge in [0.1, 0.15) is 11.6 Å². The summed E-state index contributed by atoms with van der Waals surface area (Å²) in [4.78, 5) is 6.61. The number of phenolic OH excluding ortho intramolecular Hbond substituents is 1. The molecule has 31 heavy (non-hydrogen) atoms. The van der Waals surface area contributed by atoms with Gasteiger partial charge in [-0.2, -0.15) is 0 Å². The van der Waals surface area contributed by atoms with Gasteiger partial charge in [0.25, 0.3) is 0 Å². The fourth-order valence-corrected chi connectivity index (χ4v) is 4.60. The van der Waals surface area contributed by atoms with Crippen LogP contribution in [0, 0.1) is 5.82 Å². The highest BCUT2D eigenvalue weighted by Crippen LogP contribution is 2.30. The first kappa shape index (κ1) is 23.6. The maximum absolute atomic E-state index is 13.5. The molecule has 1 heterocycles.